The smallest absolute Gasteiger partial charge is 0.303 e. The summed E-state index contributed by atoms with van der Waals surface area (Å²) < 4.78 is 65.7. The molecule has 0 saturated carbocycles. The van der Waals surface area contributed by atoms with Crippen molar-refractivity contribution in [3.05, 3.63) is 0 Å². The number of amides is 1. The molecule has 0 aromatic carbocycles. The Labute approximate surface area is 305 Å². The summed E-state index contributed by atoms with van der Waals surface area (Å²) in [4.78, 5) is 21.8. The van der Waals surface area contributed by atoms with E-state index < -0.39 is 5.97 Å². The molecule has 0 spiro atoms. The zero-order valence-electron chi connectivity index (χ0n) is 31.3. The van der Waals surface area contributed by atoms with Gasteiger partial charge in [0.15, 0.2) is 0 Å². The predicted molar refractivity (Wildman–Crippen MR) is 188 cm³/mol. The van der Waals surface area contributed by atoms with E-state index >= 15 is 0 Å². The van der Waals surface area contributed by atoms with Gasteiger partial charge in [-0.05, 0) is 12.8 Å². The number of carboxylic acids is 1. The summed E-state index contributed by atoms with van der Waals surface area (Å²) in [5, 5.41) is 11.2. The van der Waals surface area contributed by atoms with Crippen LogP contribution in [-0.2, 0) is 66.4 Å². The Balaban J connectivity index is 3.08. The largest absolute Gasteiger partial charge is 0.481 e. The zero-order valence-corrected chi connectivity index (χ0v) is 31.3. The second kappa shape index (κ2) is 44.6. The molecule has 304 valence electrons. The third-order valence-corrected chi connectivity index (χ3v) is 6.59. The summed E-state index contributed by atoms with van der Waals surface area (Å²) in [6, 6.07) is 0. The normalized spacial score (nSPS) is 11.4. The van der Waals surface area contributed by atoms with Gasteiger partial charge in [-0.1, -0.05) is 26.2 Å². The van der Waals surface area contributed by atoms with E-state index in [1.54, 1.807) is 0 Å². The monoisotopic (exact) mass is 743 g/mol. The van der Waals surface area contributed by atoms with Gasteiger partial charge in [-0.25, -0.2) is 0 Å². The second-order valence-corrected chi connectivity index (χ2v) is 11.0. The first kappa shape index (κ1) is 49.5. The van der Waals surface area contributed by atoms with Gasteiger partial charge in [0.05, 0.1) is 152 Å². The van der Waals surface area contributed by atoms with Crippen LogP contribution in [0.4, 0.5) is 0 Å². The molecule has 0 rings (SSSR count). The van der Waals surface area contributed by atoms with Gasteiger partial charge in [-0.3, -0.25) is 9.59 Å². The van der Waals surface area contributed by atoms with Crippen LogP contribution in [0.2, 0.25) is 0 Å². The minimum absolute atomic E-state index is 0.0101. The van der Waals surface area contributed by atoms with Crippen molar-refractivity contribution in [2.45, 2.75) is 51.9 Å². The fourth-order valence-electron chi connectivity index (χ4n) is 3.86. The van der Waals surface area contributed by atoms with Crippen molar-refractivity contribution in [1.29, 1.82) is 0 Å². The number of aliphatic carboxylic acids is 1. The lowest BCUT2D eigenvalue weighted by atomic mass is 10.2. The molecule has 0 aromatic rings. The Morgan fingerprint density at radius 3 is 0.922 bits per heavy atom. The lowest BCUT2D eigenvalue weighted by molar-refractivity contribution is -0.138. The van der Waals surface area contributed by atoms with E-state index in [9.17, 15) is 9.59 Å². The Morgan fingerprint density at radius 1 is 0.373 bits per heavy atom. The average Bonchev–Trinajstić information content (AvgIpc) is 3.12. The highest BCUT2D eigenvalue weighted by atomic mass is 16.6. The number of carboxylic acid groups (broad SMARTS) is 1. The molecule has 0 atom stereocenters. The average molecular weight is 744 g/mol. The number of carbonyl (C=O) groups excluding carboxylic acids is 1. The summed E-state index contributed by atoms with van der Waals surface area (Å²) in [5.41, 5.74) is 0. The molecule has 0 aliphatic heterocycles. The molecule has 0 saturated heterocycles. The van der Waals surface area contributed by atoms with E-state index in [4.69, 9.17) is 61.9 Å². The molecule has 2 N–H and O–H groups in total. The van der Waals surface area contributed by atoms with E-state index in [1.807, 2.05) is 0 Å². The van der Waals surface area contributed by atoms with Crippen molar-refractivity contribution >= 4 is 11.9 Å². The SMILES string of the molecule is CCCCCCOCCOCCOCCOCCOCCOCCOCCOCCOCCOCCOCCOCCCNC(=O)CCC(=O)O. The molecule has 0 heterocycles. The van der Waals surface area contributed by atoms with Crippen molar-refractivity contribution in [2.75, 3.05) is 165 Å². The van der Waals surface area contributed by atoms with Gasteiger partial charge in [0, 0.05) is 26.2 Å². The van der Waals surface area contributed by atoms with Gasteiger partial charge in [0.1, 0.15) is 0 Å². The molecule has 0 fully saturated rings. The summed E-state index contributed by atoms with van der Waals surface area (Å²) in [6.07, 6.45) is 5.35. The third-order valence-electron chi connectivity index (χ3n) is 6.59. The van der Waals surface area contributed by atoms with Crippen LogP contribution in [0.15, 0.2) is 0 Å². The Kier molecular flexibility index (Phi) is 43.3. The Morgan fingerprint density at radius 2 is 0.647 bits per heavy atom. The molecule has 0 aliphatic carbocycles. The van der Waals surface area contributed by atoms with Crippen LogP contribution in [-0.4, -0.2) is 182 Å². The molecule has 0 aromatic heterocycles. The summed E-state index contributed by atoms with van der Waals surface area (Å²) in [7, 11) is 0. The molecule has 51 heavy (non-hydrogen) atoms. The summed E-state index contributed by atoms with van der Waals surface area (Å²) >= 11 is 0. The number of hydrogen-bond donors (Lipinski definition) is 2. The number of hydrogen-bond acceptors (Lipinski definition) is 14. The fourth-order valence-corrected chi connectivity index (χ4v) is 3.86. The van der Waals surface area contributed by atoms with E-state index in [-0.39, 0.29) is 18.7 Å². The highest BCUT2D eigenvalue weighted by Gasteiger charge is 2.04. The number of ether oxygens (including phenoxy) is 12. The van der Waals surface area contributed by atoms with Crippen molar-refractivity contribution < 1.29 is 71.5 Å². The first-order chi connectivity index (χ1) is 25.2. The van der Waals surface area contributed by atoms with Crippen LogP contribution < -0.4 is 5.32 Å². The lowest BCUT2D eigenvalue weighted by Gasteiger charge is -2.09. The first-order valence-electron chi connectivity index (χ1n) is 18.6. The number of unbranched alkanes of at least 4 members (excludes halogenated alkanes) is 3. The molecule has 0 aliphatic rings. The van der Waals surface area contributed by atoms with Crippen molar-refractivity contribution in [3.63, 3.8) is 0 Å². The van der Waals surface area contributed by atoms with Crippen molar-refractivity contribution in [2.24, 2.45) is 0 Å². The van der Waals surface area contributed by atoms with E-state index in [0.717, 1.165) is 13.0 Å². The highest BCUT2D eigenvalue weighted by molar-refractivity contribution is 5.80. The Bertz CT molecular complexity index is 708. The van der Waals surface area contributed by atoms with Gasteiger partial charge in [0.25, 0.3) is 0 Å². The van der Waals surface area contributed by atoms with Gasteiger partial charge < -0.3 is 67.3 Å². The number of carbonyl (C=O) groups is 2. The van der Waals surface area contributed by atoms with Crippen LogP contribution >= 0.6 is 0 Å². The maximum atomic E-state index is 11.4. The minimum atomic E-state index is -0.982. The molecular formula is C35H69NO15. The standard InChI is InChI=1S/C35H69NO15/c1-2-3-4-5-10-40-12-14-42-16-18-44-20-22-46-24-26-48-28-30-50-32-33-51-31-29-49-27-25-47-23-21-45-19-17-43-15-13-41-11-6-9-36-34(37)7-8-35(38)39/h2-33H2,1H3,(H,36,37)(H,38,39). The van der Waals surface area contributed by atoms with E-state index in [0.29, 0.717) is 165 Å². The fraction of sp³-hybridized carbons (Fsp3) is 0.943. The zero-order chi connectivity index (χ0) is 37.0. The third kappa shape index (κ3) is 46.4. The molecule has 16 heteroatoms. The quantitative estimate of drug-likeness (QED) is 0.0867. The summed E-state index contributed by atoms with van der Waals surface area (Å²) in [6.45, 7) is 15.1. The van der Waals surface area contributed by atoms with Crippen LogP contribution in [0.5, 0.6) is 0 Å². The van der Waals surface area contributed by atoms with Gasteiger partial charge in [0.2, 0.25) is 5.91 Å². The van der Waals surface area contributed by atoms with E-state index in [2.05, 4.69) is 12.2 Å². The lowest BCUT2D eigenvalue weighted by Crippen LogP contribution is -2.25. The molecule has 0 radical (unpaired) electrons. The first-order valence-corrected chi connectivity index (χ1v) is 18.6. The second-order valence-electron chi connectivity index (χ2n) is 11.0. The van der Waals surface area contributed by atoms with Gasteiger partial charge >= 0.3 is 5.97 Å². The van der Waals surface area contributed by atoms with Crippen LogP contribution in [0.1, 0.15) is 51.9 Å². The van der Waals surface area contributed by atoms with Gasteiger partial charge in [-0.15, -0.1) is 0 Å². The number of rotatable bonds is 45. The van der Waals surface area contributed by atoms with Crippen molar-refractivity contribution in [3.8, 4) is 0 Å². The van der Waals surface area contributed by atoms with Crippen LogP contribution in [0, 0.1) is 0 Å². The van der Waals surface area contributed by atoms with Gasteiger partial charge in [-0.2, -0.15) is 0 Å². The highest BCUT2D eigenvalue weighted by Crippen LogP contribution is 1.98. The molecule has 0 unspecified atom stereocenters. The van der Waals surface area contributed by atoms with Crippen LogP contribution in [0.25, 0.3) is 0 Å². The Hall–Kier alpha value is -1.54. The molecule has 0 bridgehead atoms. The predicted octanol–water partition coefficient (Wildman–Crippen LogP) is 2.14. The van der Waals surface area contributed by atoms with E-state index in [1.165, 1.54) is 19.3 Å². The molecular weight excluding hydrogens is 674 g/mol. The molecule has 16 nitrogen and oxygen atoms in total. The molecule has 1 amide bonds. The maximum absolute atomic E-state index is 11.4. The number of nitrogens with one attached hydrogen (secondary N) is 1. The minimum Gasteiger partial charge on any atom is -0.481 e. The topological polar surface area (TPSA) is 177 Å². The summed E-state index contributed by atoms with van der Waals surface area (Å²) in [5.74, 6) is -1.25. The van der Waals surface area contributed by atoms with Crippen LogP contribution in [0.3, 0.4) is 0 Å². The maximum Gasteiger partial charge on any atom is 0.303 e. The van der Waals surface area contributed by atoms with Crippen molar-refractivity contribution in [1.82, 2.24) is 5.32 Å².